The molecule has 1 unspecified atom stereocenters. The second kappa shape index (κ2) is 7.63. The molecular formula is C12H24N2O2. The SMILES string of the molecule is CCCN(CCC)CNC1CCOC(=O)C1. The smallest absolute Gasteiger partial charge is 0.307 e. The molecule has 4 heteroatoms. The zero-order valence-electron chi connectivity index (χ0n) is 10.5. The van der Waals surface area contributed by atoms with Crippen molar-refractivity contribution < 1.29 is 9.53 Å². The Balaban J connectivity index is 2.22. The Bertz CT molecular complexity index is 203. The number of carbonyl (C=O) groups is 1. The summed E-state index contributed by atoms with van der Waals surface area (Å²) in [6.45, 7) is 8.09. The zero-order chi connectivity index (χ0) is 11.8. The van der Waals surface area contributed by atoms with Crippen LogP contribution in [0.15, 0.2) is 0 Å². The lowest BCUT2D eigenvalue weighted by molar-refractivity contribution is -0.147. The third-order valence-electron chi connectivity index (χ3n) is 2.83. The lowest BCUT2D eigenvalue weighted by Gasteiger charge is -2.27. The van der Waals surface area contributed by atoms with Gasteiger partial charge in [-0.25, -0.2) is 0 Å². The highest BCUT2D eigenvalue weighted by atomic mass is 16.5. The molecule has 1 N–H and O–H groups in total. The highest BCUT2D eigenvalue weighted by Crippen LogP contribution is 2.07. The van der Waals surface area contributed by atoms with E-state index in [0.717, 1.165) is 26.2 Å². The lowest BCUT2D eigenvalue weighted by Crippen LogP contribution is -2.44. The van der Waals surface area contributed by atoms with Crippen molar-refractivity contribution in [3.05, 3.63) is 0 Å². The molecule has 16 heavy (non-hydrogen) atoms. The summed E-state index contributed by atoms with van der Waals surface area (Å²) >= 11 is 0. The fourth-order valence-electron chi connectivity index (χ4n) is 2.01. The third-order valence-corrected chi connectivity index (χ3v) is 2.83. The van der Waals surface area contributed by atoms with E-state index in [0.29, 0.717) is 19.1 Å². The van der Waals surface area contributed by atoms with Crippen molar-refractivity contribution in [3.8, 4) is 0 Å². The molecule has 1 fully saturated rings. The van der Waals surface area contributed by atoms with E-state index in [2.05, 4.69) is 24.1 Å². The van der Waals surface area contributed by atoms with E-state index in [1.165, 1.54) is 12.8 Å². The van der Waals surface area contributed by atoms with Gasteiger partial charge in [-0.3, -0.25) is 9.69 Å². The fourth-order valence-corrected chi connectivity index (χ4v) is 2.01. The van der Waals surface area contributed by atoms with Gasteiger partial charge in [-0.1, -0.05) is 13.8 Å². The van der Waals surface area contributed by atoms with Crippen LogP contribution in [0.4, 0.5) is 0 Å². The van der Waals surface area contributed by atoms with Gasteiger partial charge in [0, 0.05) is 12.7 Å². The van der Waals surface area contributed by atoms with Gasteiger partial charge >= 0.3 is 5.97 Å². The summed E-state index contributed by atoms with van der Waals surface area (Å²) in [7, 11) is 0. The van der Waals surface area contributed by atoms with E-state index < -0.39 is 0 Å². The van der Waals surface area contributed by atoms with Crippen molar-refractivity contribution in [3.63, 3.8) is 0 Å². The first-order valence-electron chi connectivity index (χ1n) is 6.37. The molecule has 1 heterocycles. The van der Waals surface area contributed by atoms with Crippen molar-refractivity contribution in [2.24, 2.45) is 0 Å². The topological polar surface area (TPSA) is 41.6 Å². The van der Waals surface area contributed by atoms with E-state index in [1.807, 2.05) is 0 Å². The van der Waals surface area contributed by atoms with Crippen molar-refractivity contribution in [2.45, 2.75) is 45.6 Å². The maximum atomic E-state index is 11.1. The number of ether oxygens (including phenoxy) is 1. The molecule has 1 saturated heterocycles. The first-order valence-corrected chi connectivity index (χ1v) is 6.37. The molecule has 1 aliphatic rings. The Morgan fingerprint density at radius 2 is 2.06 bits per heavy atom. The van der Waals surface area contributed by atoms with Crippen LogP contribution in [-0.4, -0.2) is 43.3 Å². The molecule has 0 aliphatic carbocycles. The molecule has 0 aromatic rings. The highest BCUT2D eigenvalue weighted by molar-refractivity contribution is 5.70. The summed E-state index contributed by atoms with van der Waals surface area (Å²) in [6.07, 6.45) is 3.81. The molecule has 1 aliphatic heterocycles. The van der Waals surface area contributed by atoms with E-state index in [4.69, 9.17) is 4.74 Å². The summed E-state index contributed by atoms with van der Waals surface area (Å²) in [6, 6.07) is 0.303. The average molecular weight is 228 g/mol. The van der Waals surface area contributed by atoms with Crippen LogP contribution >= 0.6 is 0 Å². The van der Waals surface area contributed by atoms with Crippen LogP contribution in [0.3, 0.4) is 0 Å². The number of hydrogen-bond donors (Lipinski definition) is 1. The van der Waals surface area contributed by atoms with Crippen molar-refractivity contribution in [2.75, 3.05) is 26.4 Å². The van der Waals surface area contributed by atoms with Crippen LogP contribution in [0.25, 0.3) is 0 Å². The Kier molecular flexibility index (Phi) is 6.42. The highest BCUT2D eigenvalue weighted by Gasteiger charge is 2.20. The van der Waals surface area contributed by atoms with E-state index >= 15 is 0 Å². The minimum absolute atomic E-state index is 0.0683. The van der Waals surface area contributed by atoms with Crippen LogP contribution in [0.1, 0.15) is 39.5 Å². The largest absolute Gasteiger partial charge is 0.466 e. The quantitative estimate of drug-likeness (QED) is 0.528. The Labute approximate surface area is 98.3 Å². The molecule has 0 saturated carbocycles. The third kappa shape index (κ3) is 4.94. The van der Waals surface area contributed by atoms with Gasteiger partial charge in [0.15, 0.2) is 0 Å². The standard InChI is InChI=1S/C12H24N2O2/c1-3-6-14(7-4-2)10-13-11-5-8-16-12(15)9-11/h11,13H,3-10H2,1-2H3. The fraction of sp³-hybridized carbons (Fsp3) is 0.917. The van der Waals surface area contributed by atoms with Gasteiger partial charge in [0.1, 0.15) is 0 Å². The maximum Gasteiger partial charge on any atom is 0.307 e. The number of cyclic esters (lactones) is 1. The Morgan fingerprint density at radius 1 is 1.38 bits per heavy atom. The van der Waals surface area contributed by atoms with Crippen molar-refractivity contribution in [1.29, 1.82) is 0 Å². The van der Waals surface area contributed by atoms with Crippen molar-refractivity contribution in [1.82, 2.24) is 10.2 Å². The van der Waals surface area contributed by atoms with Gasteiger partial charge in [-0.15, -0.1) is 0 Å². The molecule has 1 rings (SSSR count). The summed E-state index contributed by atoms with van der Waals surface area (Å²) in [4.78, 5) is 13.5. The van der Waals surface area contributed by atoms with Crippen LogP contribution in [0, 0.1) is 0 Å². The van der Waals surface area contributed by atoms with E-state index in [1.54, 1.807) is 0 Å². The summed E-state index contributed by atoms with van der Waals surface area (Å²) in [5.74, 6) is -0.0683. The molecule has 0 aromatic carbocycles. The minimum atomic E-state index is -0.0683. The molecule has 0 amide bonds. The summed E-state index contributed by atoms with van der Waals surface area (Å²) in [5, 5.41) is 3.45. The molecular weight excluding hydrogens is 204 g/mol. The van der Waals surface area contributed by atoms with Crippen LogP contribution in [0.2, 0.25) is 0 Å². The summed E-state index contributed by atoms with van der Waals surface area (Å²) < 4.78 is 4.92. The predicted molar refractivity (Wildman–Crippen MR) is 64.1 cm³/mol. The number of hydrogen-bond acceptors (Lipinski definition) is 4. The average Bonchev–Trinajstić information content (AvgIpc) is 2.27. The molecule has 1 atom stereocenters. The minimum Gasteiger partial charge on any atom is -0.466 e. The van der Waals surface area contributed by atoms with Gasteiger partial charge in [0.2, 0.25) is 0 Å². The molecule has 4 nitrogen and oxygen atoms in total. The van der Waals surface area contributed by atoms with Gasteiger partial charge in [0.05, 0.1) is 13.0 Å². The molecule has 0 aromatic heterocycles. The molecule has 0 radical (unpaired) electrons. The van der Waals surface area contributed by atoms with Crippen molar-refractivity contribution >= 4 is 5.97 Å². The van der Waals surface area contributed by atoms with Crippen LogP contribution < -0.4 is 5.32 Å². The molecule has 94 valence electrons. The Morgan fingerprint density at radius 3 is 2.62 bits per heavy atom. The number of nitrogens with one attached hydrogen (secondary N) is 1. The van der Waals surface area contributed by atoms with Gasteiger partial charge in [0.25, 0.3) is 0 Å². The summed E-state index contributed by atoms with van der Waals surface area (Å²) in [5.41, 5.74) is 0. The first kappa shape index (κ1) is 13.5. The lowest BCUT2D eigenvalue weighted by atomic mass is 10.1. The molecule has 0 spiro atoms. The van der Waals surface area contributed by atoms with E-state index in [-0.39, 0.29) is 5.97 Å². The zero-order valence-corrected chi connectivity index (χ0v) is 10.5. The first-order chi connectivity index (χ1) is 7.76. The second-order valence-electron chi connectivity index (χ2n) is 4.39. The Hall–Kier alpha value is -0.610. The van der Waals surface area contributed by atoms with E-state index in [9.17, 15) is 4.79 Å². The molecule has 0 bridgehead atoms. The predicted octanol–water partition coefficient (Wildman–Crippen LogP) is 1.36. The number of esters is 1. The number of nitrogens with zero attached hydrogens (tertiary/aromatic N) is 1. The number of rotatable bonds is 7. The van der Waals surface area contributed by atoms with Gasteiger partial charge < -0.3 is 10.1 Å². The number of carbonyl (C=O) groups excluding carboxylic acids is 1. The van der Waals surface area contributed by atoms with Gasteiger partial charge in [-0.2, -0.15) is 0 Å². The van der Waals surface area contributed by atoms with Crippen LogP contribution in [-0.2, 0) is 9.53 Å². The second-order valence-corrected chi connectivity index (χ2v) is 4.39. The maximum absolute atomic E-state index is 11.1. The van der Waals surface area contributed by atoms with Gasteiger partial charge in [-0.05, 0) is 32.4 Å². The normalized spacial score (nSPS) is 21.2. The van der Waals surface area contributed by atoms with Crippen LogP contribution in [0.5, 0.6) is 0 Å². The monoisotopic (exact) mass is 228 g/mol.